The average Bonchev–Trinajstić information content (AvgIpc) is 3.09. The fraction of sp³-hybridized carbons (Fsp3) is 0.348. The first-order valence-corrected chi connectivity index (χ1v) is 10.6. The van der Waals surface area contributed by atoms with Crippen molar-refractivity contribution >= 4 is 28.6 Å². The van der Waals surface area contributed by atoms with Crippen molar-refractivity contribution < 1.29 is 9.53 Å². The predicted octanol–water partition coefficient (Wildman–Crippen LogP) is 4.05. The number of carbonyl (C=O) groups excluding carboxylic acids is 1. The van der Waals surface area contributed by atoms with Crippen LogP contribution in [-0.2, 0) is 4.74 Å². The molecule has 0 radical (unpaired) electrons. The summed E-state index contributed by atoms with van der Waals surface area (Å²) >= 11 is 6.35. The lowest BCUT2D eigenvalue weighted by atomic mass is 10.1. The maximum Gasteiger partial charge on any atom is 0.410 e. The molecule has 31 heavy (non-hydrogen) atoms. The number of benzene rings is 2. The Kier molecular flexibility index (Phi) is 5.49. The molecule has 4 rings (SSSR count). The minimum atomic E-state index is -0.655. The number of ether oxygens (including phenoxy) is 1. The second kappa shape index (κ2) is 7.98. The fourth-order valence-corrected chi connectivity index (χ4v) is 4.14. The molecule has 1 saturated heterocycles. The normalized spacial score (nSPS) is 19.1. The van der Waals surface area contributed by atoms with E-state index >= 15 is 0 Å². The van der Waals surface area contributed by atoms with Crippen LogP contribution in [0.3, 0.4) is 0 Å². The van der Waals surface area contributed by atoms with Gasteiger partial charge >= 0.3 is 6.09 Å². The topological polar surface area (TPSA) is 90.5 Å². The summed E-state index contributed by atoms with van der Waals surface area (Å²) in [6.45, 7) is 5.75. The molecule has 1 aromatic heterocycles. The molecule has 2 aromatic carbocycles. The van der Waals surface area contributed by atoms with E-state index in [9.17, 15) is 9.59 Å². The average molecular weight is 441 g/mol. The number of likely N-dealkylation sites (tertiary alicyclic amines) is 1. The number of rotatable bonds is 2. The van der Waals surface area contributed by atoms with Gasteiger partial charge in [0.25, 0.3) is 5.56 Å². The second-order valence-corrected chi connectivity index (χ2v) is 9.13. The van der Waals surface area contributed by atoms with Gasteiger partial charge in [-0.3, -0.25) is 14.3 Å². The van der Waals surface area contributed by atoms with Crippen molar-refractivity contribution in [2.75, 3.05) is 6.54 Å². The molecule has 2 heterocycles. The van der Waals surface area contributed by atoms with Crippen LogP contribution >= 0.6 is 11.6 Å². The Morgan fingerprint density at radius 2 is 1.87 bits per heavy atom. The molecule has 3 aromatic rings. The van der Waals surface area contributed by atoms with Crippen LogP contribution in [0.5, 0.6) is 0 Å². The summed E-state index contributed by atoms with van der Waals surface area (Å²) in [6, 6.07) is 13.6. The largest absolute Gasteiger partial charge is 0.444 e. The summed E-state index contributed by atoms with van der Waals surface area (Å²) < 4.78 is 7.12. The quantitative estimate of drug-likeness (QED) is 0.649. The number of nitrogens with two attached hydrogens (primary N) is 1. The molecule has 8 heteroatoms. The van der Waals surface area contributed by atoms with Crippen molar-refractivity contribution in [3.63, 3.8) is 0 Å². The van der Waals surface area contributed by atoms with Crippen LogP contribution in [0.15, 0.2) is 53.3 Å². The van der Waals surface area contributed by atoms with Gasteiger partial charge in [0, 0.05) is 12.6 Å². The van der Waals surface area contributed by atoms with Crippen LogP contribution in [0.25, 0.3) is 16.6 Å². The smallest absolute Gasteiger partial charge is 0.410 e. The third-order valence-corrected chi connectivity index (χ3v) is 5.46. The molecule has 7 nitrogen and oxygen atoms in total. The minimum Gasteiger partial charge on any atom is -0.444 e. The highest BCUT2D eigenvalue weighted by molar-refractivity contribution is 6.35. The molecular weight excluding hydrogens is 416 g/mol. The van der Waals surface area contributed by atoms with E-state index in [0.717, 1.165) is 0 Å². The number of halogens is 1. The van der Waals surface area contributed by atoms with Gasteiger partial charge in [0.1, 0.15) is 11.4 Å². The second-order valence-electron chi connectivity index (χ2n) is 8.72. The molecule has 0 spiro atoms. The highest BCUT2D eigenvalue weighted by atomic mass is 35.5. The van der Waals surface area contributed by atoms with E-state index in [1.54, 1.807) is 23.1 Å². The van der Waals surface area contributed by atoms with Gasteiger partial charge in [-0.2, -0.15) is 0 Å². The lowest BCUT2D eigenvalue weighted by molar-refractivity contribution is 0.0215. The lowest BCUT2D eigenvalue weighted by Crippen LogP contribution is -2.39. The molecule has 1 aliphatic rings. The molecule has 0 saturated carbocycles. The van der Waals surface area contributed by atoms with E-state index in [4.69, 9.17) is 27.1 Å². The zero-order chi connectivity index (χ0) is 22.3. The number of hydrogen-bond acceptors (Lipinski definition) is 5. The molecule has 1 fully saturated rings. The predicted molar refractivity (Wildman–Crippen MR) is 121 cm³/mol. The molecule has 2 atom stereocenters. The molecule has 1 amide bonds. The third-order valence-electron chi connectivity index (χ3n) is 5.15. The first-order valence-electron chi connectivity index (χ1n) is 10.2. The summed E-state index contributed by atoms with van der Waals surface area (Å²) in [5.41, 5.74) is 6.40. The zero-order valence-corrected chi connectivity index (χ0v) is 18.5. The summed E-state index contributed by atoms with van der Waals surface area (Å²) in [5.74, 6) is 0.435. The number of para-hydroxylation sites is 1. The van der Waals surface area contributed by atoms with Gasteiger partial charge in [0.05, 0.1) is 27.7 Å². The van der Waals surface area contributed by atoms with E-state index < -0.39 is 17.7 Å². The maximum atomic E-state index is 13.6. The van der Waals surface area contributed by atoms with Crippen molar-refractivity contribution in [1.29, 1.82) is 0 Å². The molecule has 2 unspecified atom stereocenters. The monoisotopic (exact) mass is 440 g/mol. The SMILES string of the molecule is CC(C)(C)OC(=O)N1CC(N)CC1c1nc2cccc(Cl)c2c(=O)n1-c1ccccc1. The number of fused-ring (bicyclic) bond motifs is 1. The number of carbonyl (C=O) groups is 1. The number of nitrogens with zero attached hydrogens (tertiary/aromatic N) is 3. The third kappa shape index (κ3) is 4.16. The highest BCUT2D eigenvalue weighted by Gasteiger charge is 2.40. The van der Waals surface area contributed by atoms with Crippen molar-refractivity contribution in [1.82, 2.24) is 14.5 Å². The van der Waals surface area contributed by atoms with Gasteiger partial charge in [-0.25, -0.2) is 9.78 Å². The number of aromatic nitrogens is 2. The van der Waals surface area contributed by atoms with Gasteiger partial charge in [0.15, 0.2) is 0 Å². The summed E-state index contributed by atoms with van der Waals surface area (Å²) in [6.07, 6.45) is -0.0181. The van der Waals surface area contributed by atoms with Gasteiger partial charge in [-0.1, -0.05) is 35.9 Å². The van der Waals surface area contributed by atoms with Crippen LogP contribution in [0, 0.1) is 0 Å². The summed E-state index contributed by atoms with van der Waals surface area (Å²) in [4.78, 5) is 32.9. The van der Waals surface area contributed by atoms with Gasteiger partial charge < -0.3 is 10.5 Å². The van der Waals surface area contributed by atoms with Crippen LogP contribution in [0.1, 0.15) is 39.1 Å². The van der Waals surface area contributed by atoms with E-state index in [2.05, 4.69) is 0 Å². The fourth-order valence-electron chi connectivity index (χ4n) is 3.89. The van der Waals surface area contributed by atoms with Crippen LogP contribution in [0.2, 0.25) is 5.02 Å². The van der Waals surface area contributed by atoms with Gasteiger partial charge in [-0.05, 0) is 51.5 Å². The molecular formula is C23H25ClN4O3. The van der Waals surface area contributed by atoms with Crippen LogP contribution in [0.4, 0.5) is 4.79 Å². The molecule has 2 N–H and O–H groups in total. The first-order chi connectivity index (χ1) is 14.7. The molecule has 1 aliphatic heterocycles. The lowest BCUT2D eigenvalue weighted by Gasteiger charge is -2.29. The van der Waals surface area contributed by atoms with E-state index in [1.807, 2.05) is 51.1 Å². The van der Waals surface area contributed by atoms with E-state index in [-0.39, 0.29) is 11.6 Å². The van der Waals surface area contributed by atoms with Crippen LogP contribution < -0.4 is 11.3 Å². The molecule has 162 valence electrons. The Morgan fingerprint density at radius 1 is 1.16 bits per heavy atom. The first kappa shape index (κ1) is 21.3. The minimum absolute atomic E-state index is 0.256. The van der Waals surface area contributed by atoms with Gasteiger partial charge in [-0.15, -0.1) is 0 Å². The summed E-state index contributed by atoms with van der Waals surface area (Å²) in [7, 11) is 0. The summed E-state index contributed by atoms with van der Waals surface area (Å²) in [5, 5.41) is 0.668. The van der Waals surface area contributed by atoms with Crippen molar-refractivity contribution in [3.05, 3.63) is 69.7 Å². The Labute approximate surface area is 185 Å². The van der Waals surface area contributed by atoms with E-state index in [1.165, 1.54) is 4.57 Å². The number of amides is 1. The van der Waals surface area contributed by atoms with Crippen molar-refractivity contribution in [2.45, 2.75) is 44.9 Å². The maximum absolute atomic E-state index is 13.6. The van der Waals surface area contributed by atoms with Crippen molar-refractivity contribution in [3.8, 4) is 5.69 Å². The molecule has 0 aliphatic carbocycles. The highest BCUT2D eigenvalue weighted by Crippen LogP contribution is 2.33. The van der Waals surface area contributed by atoms with Crippen molar-refractivity contribution in [2.24, 2.45) is 5.73 Å². The molecule has 0 bridgehead atoms. The van der Waals surface area contributed by atoms with Gasteiger partial charge in [0.2, 0.25) is 0 Å². The van der Waals surface area contributed by atoms with E-state index in [0.29, 0.717) is 40.4 Å². The van der Waals surface area contributed by atoms with Crippen LogP contribution in [-0.4, -0.2) is 38.7 Å². The Hall–Kier alpha value is -2.90. The standard InChI is InChI=1S/C23H25ClN4O3/c1-23(2,3)31-22(30)27-13-14(25)12-18(27)20-26-17-11-7-10-16(24)19(17)21(29)28(20)15-8-5-4-6-9-15/h4-11,14,18H,12-13,25H2,1-3H3. The zero-order valence-electron chi connectivity index (χ0n) is 17.7. The Balaban J connectivity index is 1.94. The number of hydrogen-bond donors (Lipinski definition) is 1. The Morgan fingerprint density at radius 3 is 2.55 bits per heavy atom. The Bertz CT molecular complexity index is 1190.